The summed E-state index contributed by atoms with van der Waals surface area (Å²) >= 11 is 1.58. The summed E-state index contributed by atoms with van der Waals surface area (Å²) in [5, 5.41) is 2.65. The number of rotatable bonds is 6. The summed E-state index contributed by atoms with van der Waals surface area (Å²) in [6.45, 7) is 0.157. The fourth-order valence-corrected chi connectivity index (χ4v) is 4.27. The predicted octanol–water partition coefficient (Wildman–Crippen LogP) is 1.45. The summed E-state index contributed by atoms with van der Waals surface area (Å²) in [6, 6.07) is 6.38. The molecule has 0 bridgehead atoms. The number of nitrogens with one attached hydrogen (secondary N) is 1. The van der Waals surface area contributed by atoms with Crippen molar-refractivity contribution in [2.24, 2.45) is 0 Å². The van der Waals surface area contributed by atoms with Crippen LogP contribution in [0.2, 0.25) is 0 Å². The van der Waals surface area contributed by atoms with Gasteiger partial charge in [-0.2, -0.15) is 11.8 Å². The van der Waals surface area contributed by atoms with Crippen LogP contribution in [0.25, 0.3) is 0 Å². The van der Waals surface area contributed by atoms with E-state index < -0.39 is 18.2 Å². The summed E-state index contributed by atoms with van der Waals surface area (Å²) in [5.41, 5.74) is 0.787. The van der Waals surface area contributed by atoms with Gasteiger partial charge in [0.1, 0.15) is 6.10 Å². The Morgan fingerprint density at radius 1 is 1.19 bits per heavy atom. The molecule has 0 unspecified atom stereocenters. The smallest absolute Gasteiger partial charge is 0.407 e. The molecule has 27 heavy (non-hydrogen) atoms. The number of thioether (sulfide) groups is 1. The molecule has 3 amide bonds. The molecule has 0 saturated carbocycles. The first-order valence-corrected chi connectivity index (χ1v) is 9.73. The van der Waals surface area contributed by atoms with Gasteiger partial charge in [0.15, 0.2) is 0 Å². The Bertz CT molecular complexity index is 733. The van der Waals surface area contributed by atoms with E-state index in [1.807, 2.05) is 0 Å². The van der Waals surface area contributed by atoms with E-state index in [0.29, 0.717) is 29.1 Å². The summed E-state index contributed by atoms with van der Waals surface area (Å²) in [7, 11) is 1.28. The molecule has 2 aliphatic heterocycles. The third-order valence-corrected chi connectivity index (χ3v) is 5.60. The number of benzene rings is 1. The Morgan fingerprint density at radius 2 is 1.85 bits per heavy atom. The molecule has 0 aliphatic carbocycles. The second kappa shape index (κ2) is 8.43. The number of methoxy groups -OCH3 is 1. The van der Waals surface area contributed by atoms with Crippen molar-refractivity contribution in [3.63, 3.8) is 0 Å². The van der Waals surface area contributed by atoms with E-state index in [0.717, 1.165) is 4.90 Å². The summed E-state index contributed by atoms with van der Waals surface area (Å²) in [6.07, 6.45) is -0.575. The average molecular weight is 392 g/mol. The van der Waals surface area contributed by atoms with Gasteiger partial charge in [0.05, 0.1) is 24.3 Å². The molecule has 1 aromatic rings. The van der Waals surface area contributed by atoms with Gasteiger partial charge in [-0.05, 0) is 18.6 Å². The monoisotopic (exact) mass is 392 g/mol. The van der Waals surface area contributed by atoms with Gasteiger partial charge in [0.25, 0.3) is 11.8 Å². The lowest BCUT2D eigenvalue weighted by Crippen LogP contribution is -2.44. The molecule has 3 rings (SSSR count). The van der Waals surface area contributed by atoms with Crippen LogP contribution in [0.3, 0.4) is 0 Å². The lowest BCUT2D eigenvalue weighted by atomic mass is 10.1. The van der Waals surface area contributed by atoms with Gasteiger partial charge < -0.3 is 14.8 Å². The molecule has 144 valence electrons. The lowest BCUT2D eigenvalue weighted by Gasteiger charge is -2.20. The van der Waals surface area contributed by atoms with Crippen molar-refractivity contribution in [3.8, 4) is 0 Å². The van der Waals surface area contributed by atoms with Crippen LogP contribution >= 0.6 is 11.8 Å². The van der Waals surface area contributed by atoms with Crippen LogP contribution in [0.5, 0.6) is 0 Å². The first-order chi connectivity index (χ1) is 13.0. The number of amides is 3. The summed E-state index contributed by atoms with van der Waals surface area (Å²) < 4.78 is 10.00. The number of nitrogens with zero attached hydrogens (tertiary/aromatic N) is 1. The Balaban J connectivity index is 1.46. The van der Waals surface area contributed by atoms with Gasteiger partial charge in [-0.25, -0.2) is 4.79 Å². The fraction of sp³-hybridized carbons (Fsp3) is 0.444. The van der Waals surface area contributed by atoms with Crippen LogP contribution in [0, 0.1) is 0 Å². The maximum atomic E-state index is 12.3. The van der Waals surface area contributed by atoms with Gasteiger partial charge >= 0.3 is 12.1 Å². The third-order valence-electron chi connectivity index (χ3n) is 4.44. The number of fused-ring (bicyclic) bond motifs is 1. The highest BCUT2D eigenvalue weighted by Crippen LogP contribution is 2.24. The normalized spacial score (nSPS) is 21.1. The van der Waals surface area contributed by atoms with E-state index in [4.69, 9.17) is 4.74 Å². The number of esters is 1. The Morgan fingerprint density at radius 3 is 2.48 bits per heavy atom. The van der Waals surface area contributed by atoms with Gasteiger partial charge in [-0.3, -0.25) is 19.3 Å². The Kier molecular flexibility index (Phi) is 6.00. The molecule has 8 nitrogen and oxygen atoms in total. The highest BCUT2D eigenvalue weighted by molar-refractivity contribution is 7.99. The third kappa shape index (κ3) is 4.24. The van der Waals surface area contributed by atoms with Crippen molar-refractivity contribution < 1.29 is 28.7 Å². The number of ether oxygens (including phenoxy) is 2. The number of alkyl carbamates (subject to hydrolysis) is 1. The van der Waals surface area contributed by atoms with E-state index in [-0.39, 0.29) is 30.8 Å². The fourth-order valence-electron chi connectivity index (χ4n) is 3.05. The van der Waals surface area contributed by atoms with Gasteiger partial charge in [-0.1, -0.05) is 12.1 Å². The maximum absolute atomic E-state index is 12.3. The lowest BCUT2D eigenvalue weighted by molar-refractivity contribution is -0.148. The number of imide groups is 1. The van der Waals surface area contributed by atoms with Crippen LogP contribution in [-0.4, -0.2) is 66.1 Å². The molecular weight excluding hydrogens is 372 g/mol. The van der Waals surface area contributed by atoms with E-state index >= 15 is 0 Å². The summed E-state index contributed by atoms with van der Waals surface area (Å²) in [4.78, 5) is 49.1. The molecule has 1 fully saturated rings. The topological polar surface area (TPSA) is 102 Å². The molecule has 1 aromatic carbocycles. The number of hydrogen-bond acceptors (Lipinski definition) is 7. The highest BCUT2D eigenvalue weighted by Gasteiger charge is 2.35. The molecule has 9 heteroatoms. The van der Waals surface area contributed by atoms with Crippen LogP contribution in [0.1, 0.15) is 33.6 Å². The molecule has 2 atom stereocenters. The van der Waals surface area contributed by atoms with E-state index in [1.54, 1.807) is 36.0 Å². The van der Waals surface area contributed by atoms with Gasteiger partial charge in [-0.15, -0.1) is 0 Å². The van der Waals surface area contributed by atoms with Crippen molar-refractivity contribution in [3.05, 3.63) is 35.4 Å². The molecule has 1 N–H and O–H groups in total. The van der Waals surface area contributed by atoms with Crippen LogP contribution in [0.4, 0.5) is 4.79 Å². The largest absolute Gasteiger partial charge is 0.459 e. The standard InChI is InChI=1S/C18H20N2O6S/c1-25-18(24)19-13-9-27-10-14(13)26-15(21)7-4-8-20-16(22)11-5-2-3-6-12(11)17(20)23/h2-3,5-6,13-14H,4,7-10H2,1H3,(H,19,24)/t13-,14+/m0/s1. The average Bonchev–Trinajstić information content (AvgIpc) is 3.19. The summed E-state index contributed by atoms with van der Waals surface area (Å²) in [5.74, 6) is 0.147. The quantitative estimate of drug-likeness (QED) is 0.577. The van der Waals surface area contributed by atoms with Crippen molar-refractivity contribution in [1.82, 2.24) is 10.2 Å². The highest BCUT2D eigenvalue weighted by atomic mass is 32.2. The number of hydrogen-bond donors (Lipinski definition) is 1. The van der Waals surface area contributed by atoms with Crippen LogP contribution < -0.4 is 5.32 Å². The number of carbonyl (C=O) groups is 4. The minimum Gasteiger partial charge on any atom is -0.459 e. The minimum atomic E-state index is -0.561. The van der Waals surface area contributed by atoms with Crippen LogP contribution in [-0.2, 0) is 14.3 Å². The van der Waals surface area contributed by atoms with Crippen molar-refractivity contribution >= 4 is 35.6 Å². The maximum Gasteiger partial charge on any atom is 0.407 e. The van der Waals surface area contributed by atoms with E-state index in [1.165, 1.54) is 7.11 Å². The van der Waals surface area contributed by atoms with E-state index in [9.17, 15) is 19.2 Å². The second-order valence-electron chi connectivity index (χ2n) is 6.22. The first-order valence-electron chi connectivity index (χ1n) is 8.58. The second-order valence-corrected chi connectivity index (χ2v) is 7.29. The Hall–Kier alpha value is -2.55. The zero-order valence-corrected chi connectivity index (χ0v) is 15.6. The zero-order chi connectivity index (χ0) is 19.4. The minimum absolute atomic E-state index is 0.0829. The Labute approximate surface area is 160 Å². The molecule has 0 aromatic heterocycles. The predicted molar refractivity (Wildman–Crippen MR) is 97.6 cm³/mol. The van der Waals surface area contributed by atoms with Crippen molar-refractivity contribution in [2.75, 3.05) is 25.2 Å². The molecule has 2 aliphatic rings. The van der Waals surface area contributed by atoms with Crippen molar-refractivity contribution in [1.29, 1.82) is 0 Å². The molecule has 0 radical (unpaired) electrons. The SMILES string of the molecule is COC(=O)N[C@H]1CSC[C@H]1OC(=O)CCCN1C(=O)c2ccccc2C1=O. The van der Waals surface area contributed by atoms with Crippen molar-refractivity contribution in [2.45, 2.75) is 25.0 Å². The van der Waals surface area contributed by atoms with Crippen LogP contribution in [0.15, 0.2) is 24.3 Å². The molecule has 2 heterocycles. The molecule has 0 spiro atoms. The zero-order valence-electron chi connectivity index (χ0n) is 14.8. The van der Waals surface area contributed by atoms with Gasteiger partial charge in [0, 0.05) is 24.5 Å². The van der Waals surface area contributed by atoms with Gasteiger partial charge in [0.2, 0.25) is 0 Å². The molecule has 1 saturated heterocycles. The molecular formula is C18H20N2O6S. The number of carbonyl (C=O) groups excluding carboxylic acids is 4. The first kappa shape index (κ1) is 19.2. The van der Waals surface area contributed by atoms with E-state index in [2.05, 4.69) is 10.1 Å².